The Hall–Kier alpha value is -4.38. The maximum atomic E-state index is 12.5. The lowest BCUT2D eigenvalue weighted by atomic mass is 10.1. The number of fused-ring (bicyclic) bond motifs is 1. The van der Waals surface area contributed by atoms with Crippen LogP contribution >= 0.6 is 0 Å². The highest BCUT2D eigenvalue weighted by Gasteiger charge is 2.20. The standard InChI is InChI=1S/C25H23N5O5S/c1-34-19-5-2-4-17(16-19)22-23(30-13-14-35-25(30)29-22)21-10-12-27-24(28-21)26-11-3-15-36(32,33)20-8-6-18(31)7-9-20/h2,4-10,12-14,16,31H,3,11,15H2,1H3,(H,26,27,28). The molecule has 184 valence electrons. The van der Waals surface area contributed by atoms with E-state index in [0.29, 0.717) is 41.9 Å². The Morgan fingerprint density at radius 3 is 2.75 bits per heavy atom. The normalized spacial score (nSPS) is 11.6. The molecule has 3 aromatic heterocycles. The van der Waals surface area contributed by atoms with Crippen LogP contribution < -0.4 is 10.1 Å². The third-order valence-electron chi connectivity index (χ3n) is 5.57. The molecule has 2 N–H and O–H groups in total. The van der Waals surface area contributed by atoms with Gasteiger partial charge in [-0.1, -0.05) is 12.1 Å². The number of phenols is 1. The van der Waals surface area contributed by atoms with Crippen molar-refractivity contribution in [2.75, 3.05) is 24.7 Å². The zero-order valence-electron chi connectivity index (χ0n) is 19.3. The van der Waals surface area contributed by atoms with Crippen molar-refractivity contribution in [1.82, 2.24) is 19.4 Å². The first-order valence-corrected chi connectivity index (χ1v) is 12.8. The largest absolute Gasteiger partial charge is 0.508 e. The van der Waals surface area contributed by atoms with Crippen LogP contribution in [0.2, 0.25) is 0 Å². The summed E-state index contributed by atoms with van der Waals surface area (Å²) in [6, 6.07) is 14.9. The van der Waals surface area contributed by atoms with Crippen molar-refractivity contribution in [2.45, 2.75) is 11.3 Å². The number of oxazole rings is 1. The number of rotatable bonds is 9. The SMILES string of the molecule is COc1cccc(-c2nc3occn3c2-c2ccnc(NCCCS(=O)(=O)c3ccc(O)cc3)n2)c1. The number of aromatic hydroxyl groups is 1. The van der Waals surface area contributed by atoms with Gasteiger partial charge in [-0.25, -0.2) is 18.4 Å². The molecule has 5 rings (SSSR count). The van der Waals surface area contributed by atoms with Gasteiger partial charge < -0.3 is 19.6 Å². The van der Waals surface area contributed by atoms with Gasteiger partial charge in [0.2, 0.25) is 5.95 Å². The minimum absolute atomic E-state index is 0.0214. The molecule has 10 nitrogen and oxygen atoms in total. The van der Waals surface area contributed by atoms with E-state index in [0.717, 1.165) is 11.3 Å². The molecule has 36 heavy (non-hydrogen) atoms. The predicted octanol–water partition coefficient (Wildman–Crippen LogP) is 4.04. The van der Waals surface area contributed by atoms with Crippen molar-refractivity contribution in [3.8, 4) is 34.1 Å². The molecule has 0 atom stereocenters. The van der Waals surface area contributed by atoms with Gasteiger partial charge in [0.1, 0.15) is 29.2 Å². The number of hydrogen-bond acceptors (Lipinski definition) is 9. The first-order valence-electron chi connectivity index (χ1n) is 11.1. The van der Waals surface area contributed by atoms with Gasteiger partial charge in [-0.15, -0.1) is 0 Å². The fourth-order valence-corrected chi connectivity index (χ4v) is 5.12. The summed E-state index contributed by atoms with van der Waals surface area (Å²) >= 11 is 0. The molecule has 0 saturated heterocycles. The van der Waals surface area contributed by atoms with Gasteiger partial charge >= 0.3 is 5.84 Å². The van der Waals surface area contributed by atoms with Crippen molar-refractivity contribution in [3.05, 3.63) is 73.3 Å². The molecule has 3 heterocycles. The minimum Gasteiger partial charge on any atom is -0.508 e. The molecule has 0 spiro atoms. The number of aromatic nitrogens is 4. The number of sulfone groups is 1. The Balaban J connectivity index is 1.35. The van der Waals surface area contributed by atoms with Crippen LogP contribution in [0.5, 0.6) is 11.5 Å². The fourth-order valence-electron chi connectivity index (χ4n) is 3.81. The summed E-state index contributed by atoms with van der Waals surface area (Å²) in [5.74, 6) is 1.46. The van der Waals surface area contributed by atoms with E-state index in [9.17, 15) is 13.5 Å². The van der Waals surface area contributed by atoms with Crippen LogP contribution in [0, 0.1) is 0 Å². The summed E-state index contributed by atoms with van der Waals surface area (Å²) in [6.07, 6.45) is 5.30. The number of hydrogen-bond donors (Lipinski definition) is 2. The second kappa shape index (κ2) is 9.70. The quantitative estimate of drug-likeness (QED) is 0.285. The number of methoxy groups -OCH3 is 1. The lowest BCUT2D eigenvalue weighted by Gasteiger charge is -2.09. The van der Waals surface area contributed by atoms with Crippen LogP contribution in [-0.2, 0) is 9.84 Å². The van der Waals surface area contributed by atoms with Gasteiger partial charge in [0.05, 0.1) is 23.5 Å². The summed E-state index contributed by atoms with van der Waals surface area (Å²) < 4.78 is 37.7. The second-order valence-corrected chi connectivity index (χ2v) is 10.1. The topological polar surface area (TPSA) is 132 Å². The molecule has 0 bridgehead atoms. The van der Waals surface area contributed by atoms with Gasteiger partial charge in [-0.3, -0.25) is 4.40 Å². The number of phenolic OH excluding ortho intramolecular Hbond substituents is 1. The van der Waals surface area contributed by atoms with E-state index in [4.69, 9.17) is 9.15 Å². The van der Waals surface area contributed by atoms with E-state index in [1.807, 2.05) is 28.7 Å². The Morgan fingerprint density at radius 2 is 1.94 bits per heavy atom. The maximum Gasteiger partial charge on any atom is 0.306 e. The molecule has 5 aromatic rings. The third kappa shape index (κ3) is 4.73. The van der Waals surface area contributed by atoms with Crippen LogP contribution in [0.4, 0.5) is 5.95 Å². The van der Waals surface area contributed by atoms with E-state index >= 15 is 0 Å². The monoisotopic (exact) mass is 505 g/mol. The molecule has 0 amide bonds. The molecule has 11 heteroatoms. The van der Waals surface area contributed by atoms with Gasteiger partial charge in [-0.05, 0) is 48.9 Å². The van der Waals surface area contributed by atoms with E-state index in [-0.39, 0.29) is 16.4 Å². The number of anilines is 1. The molecule has 0 aliphatic rings. The average Bonchev–Trinajstić information content (AvgIpc) is 3.49. The number of benzene rings is 2. The Kier molecular flexibility index (Phi) is 6.30. The molecular weight excluding hydrogens is 482 g/mol. The maximum absolute atomic E-state index is 12.5. The minimum atomic E-state index is -3.46. The van der Waals surface area contributed by atoms with E-state index in [1.165, 1.54) is 24.3 Å². The zero-order chi connectivity index (χ0) is 25.1. The predicted molar refractivity (Wildman–Crippen MR) is 134 cm³/mol. The van der Waals surface area contributed by atoms with E-state index in [2.05, 4.69) is 20.3 Å². The first kappa shape index (κ1) is 23.4. The van der Waals surface area contributed by atoms with E-state index < -0.39 is 9.84 Å². The fraction of sp³-hybridized carbons (Fsp3) is 0.160. The van der Waals surface area contributed by atoms with Crippen molar-refractivity contribution >= 4 is 21.6 Å². The molecule has 0 aliphatic heterocycles. The van der Waals surface area contributed by atoms with Crippen molar-refractivity contribution in [1.29, 1.82) is 0 Å². The van der Waals surface area contributed by atoms with Crippen LogP contribution in [-0.4, -0.2) is 52.3 Å². The van der Waals surface area contributed by atoms with E-state index in [1.54, 1.807) is 31.8 Å². The molecular formula is C25H23N5O5S. The van der Waals surface area contributed by atoms with Crippen molar-refractivity contribution in [2.24, 2.45) is 0 Å². The second-order valence-electron chi connectivity index (χ2n) is 7.96. The third-order valence-corrected chi connectivity index (χ3v) is 7.39. The molecule has 0 aliphatic carbocycles. The Bertz CT molecular complexity index is 1610. The highest BCUT2D eigenvalue weighted by atomic mass is 32.2. The number of imidazole rings is 1. The summed E-state index contributed by atoms with van der Waals surface area (Å²) in [4.78, 5) is 13.7. The average molecular weight is 506 g/mol. The van der Waals surface area contributed by atoms with Crippen LogP contribution in [0.3, 0.4) is 0 Å². The summed E-state index contributed by atoms with van der Waals surface area (Å²) in [5.41, 5.74) is 2.87. The molecule has 0 saturated carbocycles. The molecule has 0 fully saturated rings. The highest BCUT2D eigenvalue weighted by Crippen LogP contribution is 2.33. The Morgan fingerprint density at radius 1 is 1.11 bits per heavy atom. The van der Waals surface area contributed by atoms with Crippen LogP contribution in [0.1, 0.15) is 6.42 Å². The first-order chi connectivity index (χ1) is 17.4. The van der Waals surface area contributed by atoms with Crippen molar-refractivity contribution < 1.29 is 22.7 Å². The van der Waals surface area contributed by atoms with Gasteiger partial charge in [0.15, 0.2) is 9.84 Å². The smallest absolute Gasteiger partial charge is 0.306 e. The number of nitrogens with one attached hydrogen (secondary N) is 1. The molecule has 0 unspecified atom stereocenters. The number of ether oxygens (including phenoxy) is 1. The highest BCUT2D eigenvalue weighted by molar-refractivity contribution is 7.91. The van der Waals surface area contributed by atoms with Crippen LogP contribution in [0.15, 0.2) is 82.6 Å². The summed E-state index contributed by atoms with van der Waals surface area (Å²) in [5, 5.41) is 12.5. The Labute approximate surface area is 207 Å². The van der Waals surface area contributed by atoms with Gasteiger partial charge in [0, 0.05) is 24.5 Å². The van der Waals surface area contributed by atoms with Gasteiger partial charge in [0.25, 0.3) is 0 Å². The molecule has 0 radical (unpaired) electrons. The van der Waals surface area contributed by atoms with Crippen LogP contribution in [0.25, 0.3) is 28.5 Å². The zero-order valence-corrected chi connectivity index (χ0v) is 20.1. The van der Waals surface area contributed by atoms with Crippen molar-refractivity contribution in [3.63, 3.8) is 0 Å². The lowest BCUT2D eigenvalue weighted by molar-refractivity contribution is 0.415. The lowest BCUT2D eigenvalue weighted by Crippen LogP contribution is -2.13. The number of nitrogens with zero attached hydrogens (tertiary/aromatic N) is 4. The van der Waals surface area contributed by atoms with Gasteiger partial charge in [-0.2, -0.15) is 4.98 Å². The summed E-state index contributed by atoms with van der Waals surface area (Å²) in [7, 11) is -1.85. The summed E-state index contributed by atoms with van der Waals surface area (Å²) in [6.45, 7) is 0.358. The molecule has 2 aromatic carbocycles.